The first-order valence-electron chi connectivity index (χ1n) is 3.45. The van der Waals surface area contributed by atoms with Gasteiger partial charge in [-0.25, -0.2) is 0 Å². The summed E-state index contributed by atoms with van der Waals surface area (Å²) in [6.45, 7) is 6.99. The predicted molar refractivity (Wildman–Crippen MR) is 49.6 cm³/mol. The molecular weight excluding hydrogens is 152 g/mol. The Bertz CT molecular complexity index is 234. The quantitative estimate of drug-likeness (QED) is 0.269. The van der Waals surface area contributed by atoms with Crippen LogP contribution in [-0.4, -0.2) is 13.4 Å². The minimum Gasteiger partial charge on any atom is -0.496 e. The second kappa shape index (κ2) is 6.16. The van der Waals surface area contributed by atoms with E-state index in [0.717, 1.165) is 0 Å². The molecule has 0 aromatic carbocycles. The van der Waals surface area contributed by atoms with Gasteiger partial charge in [-0.2, -0.15) is 0 Å². The van der Waals surface area contributed by atoms with Crippen LogP contribution >= 0.6 is 0 Å². The zero-order valence-corrected chi connectivity index (χ0v) is 7.12. The van der Waals surface area contributed by atoms with Crippen molar-refractivity contribution in [2.75, 3.05) is 7.11 Å². The van der Waals surface area contributed by atoms with Crippen LogP contribution in [0.25, 0.3) is 0 Å². The van der Waals surface area contributed by atoms with Crippen molar-refractivity contribution in [3.05, 3.63) is 48.8 Å². The molecule has 0 aliphatic carbocycles. The summed E-state index contributed by atoms with van der Waals surface area (Å²) in [5, 5.41) is 0. The molecule has 64 valence electrons. The van der Waals surface area contributed by atoms with Gasteiger partial charge in [0, 0.05) is 0 Å². The van der Waals surface area contributed by atoms with Crippen molar-refractivity contribution in [2.45, 2.75) is 0 Å². The van der Waals surface area contributed by atoms with Crippen molar-refractivity contribution < 1.29 is 9.53 Å². The average molecular weight is 164 g/mol. The fourth-order valence-corrected chi connectivity index (χ4v) is 0.670. The second-order valence-corrected chi connectivity index (χ2v) is 1.94. The van der Waals surface area contributed by atoms with E-state index in [0.29, 0.717) is 17.6 Å². The van der Waals surface area contributed by atoms with Crippen molar-refractivity contribution in [1.29, 1.82) is 0 Å². The molecule has 0 radical (unpaired) electrons. The lowest BCUT2D eigenvalue weighted by Crippen LogP contribution is -1.90. The zero-order chi connectivity index (χ0) is 9.40. The van der Waals surface area contributed by atoms with E-state index in [4.69, 9.17) is 4.74 Å². The number of ether oxygens (including phenoxy) is 1. The van der Waals surface area contributed by atoms with Crippen LogP contribution in [0.2, 0.25) is 0 Å². The highest BCUT2D eigenvalue weighted by Gasteiger charge is 1.97. The molecule has 0 atom stereocenters. The molecule has 2 nitrogen and oxygen atoms in total. The van der Waals surface area contributed by atoms with Gasteiger partial charge in [-0.1, -0.05) is 25.3 Å². The Labute approximate surface area is 72.5 Å². The van der Waals surface area contributed by atoms with Crippen molar-refractivity contribution in [1.82, 2.24) is 0 Å². The number of rotatable bonds is 5. The summed E-state index contributed by atoms with van der Waals surface area (Å²) in [5.41, 5.74) is 0.451. The SMILES string of the molecule is C=CC=CC(C=O)=C(C=C)OC. The third-order valence-electron chi connectivity index (χ3n) is 1.23. The van der Waals surface area contributed by atoms with E-state index in [1.165, 1.54) is 13.2 Å². The Morgan fingerprint density at radius 1 is 1.42 bits per heavy atom. The average Bonchev–Trinajstić information content (AvgIpc) is 2.12. The molecule has 0 aromatic heterocycles. The van der Waals surface area contributed by atoms with Gasteiger partial charge in [0.25, 0.3) is 0 Å². The Morgan fingerprint density at radius 3 is 2.42 bits per heavy atom. The minimum absolute atomic E-state index is 0.451. The maximum absolute atomic E-state index is 10.5. The van der Waals surface area contributed by atoms with Crippen LogP contribution < -0.4 is 0 Å². The molecule has 0 aromatic rings. The Balaban J connectivity index is 4.80. The first kappa shape index (κ1) is 10.4. The Hall–Kier alpha value is -1.57. The van der Waals surface area contributed by atoms with Gasteiger partial charge >= 0.3 is 0 Å². The summed E-state index contributed by atoms with van der Waals surface area (Å²) in [5.74, 6) is 0.461. The molecule has 0 saturated carbocycles. The largest absolute Gasteiger partial charge is 0.496 e. The van der Waals surface area contributed by atoms with Gasteiger partial charge in [-0.05, 0) is 12.2 Å². The normalized spacial score (nSPS) is 12.1. The fourth-order valence-electron chi connectivity index (χ4n) is 0.670. The van der Waals surface area contributed by atoms with Gasteiger partial charge in [0.1, 0.15) is 5.76 Å². The second-order valence-electron chi connectivity index (χ2n) is 1.94. The molecule has 0 amide bonds. The first-order chi connectivity index (χ1) is 5.79. The molecule has 0 unspecified atom stereocenters. The number of methoxy groups -OCH3 is 1. The third-order valence-corrected chi connectivity index (χ3v) is 1.23. The number of hydrogen-bond acceptors (Lipinski definition) is 2. The summed E-state index contributed by atoms with van der Waals surface area (Å²) >= 11 is 0. The third kappa shape index (κ3) is 3.01. The molecule has 0 aliphatic rings. The predicted octanol–water partition coefficient (Wildman–Crippen LogP) is 2.01. The lowest BCUT2D eigenvalue weighted by Gasteiger charge is -2.00. The fraction of sp³-hybridized carbons (Fsp3) is 0.100. The highest BCUT2D eigenvalue weighted by atomic mass is 16.5. The van der Waals surface area contributed by atoms with Crippen LogP contribution in [0.1, 0.15) is 0 Å². The summed E-state index contributed by atoms with van der Waals surface area (Å²) < 4.78 is 4.89. The van der Waals surface area contributed by atoms with E-state index in [2.05, 4.69) is 13.2 Å². The van der Waals surface area contributed by atoms with Crippen LogP contribution in [-0.2, 0) is 9.53 Å². The van der Waals surface area contributed by atoms with E-state index in [1.54, 1.807) is 18.2 Å². The molecule has 0 heterocycles. The van der Waals surface area contributed by atoms with Gasteiger partial charge in [0.15, 0.2) is 6.29 Å². The molecule has 0 N–H and O–H groups in total. The molecule has 12 heavy (non-hydrogen) atoms. The topological polar surface area (TPSA) is 26.3 Å². The van der Waals surface area contributed by atoms with Crippen LogP contribution in [0.15, 0.2) is 48.8 Å². The zero-order valence-electron chi connectivity index (χ0n) is 7.12. The number of carbonyl (C=O) groups excluding carboxylic acids is 1. The minimum atomic E-state index is 0.451. The van der Waals surface area contributed by atoms with Crippen molar-refractivity contribution >= 4 is 6.29 Å². The molecule has 0 rings (SSSR count). The van der Waals surface area contributed by atoms with Crippen molar-refractivity contribution in [3.8, 4) is 0 Å². The van der Waals surface area contributed by atoms with Crippen molar-refractivity contribution in [2.24, 2.45) is 0 Å². The van der Waals surface area contributed by atoms with Crippen LogP contribution in [0, 0.1) is 0 Å². The molecule has 0 aliphatic heterocycles. The summed E-state index contributed by atoms with van der Waals surface area (Å²) in [4.78, 5) is 10.5. The number of hydrogen-bond donors (Lipinski definition) is 0. The highest BCUT2D eigenvalue weighted by molar-refractivity contribution is 5.79. The van der Waals surface area contributed by atoms with Crippen LogP contribution in [0.4, 0.5) is 0 Å². The molecular formula is C10H12O2. The van der Waals surface area contributed by atoms with Gasteiger partial charge in [-0.15, -0.1) is 0 Å². The number of carbonyl (C=O) groups is 1. The van der Waals surface area contributed by atoms with Gasteiger partial charge in [0.05, 0.1) is 12.7 Å². The standard InChI is InChI=1S/C10H12O2/c1-4-6-7-9(8-11)10(5-2)12-3/h4-8H,1-2H2,3H3. The molecule has 2 heteroatoms. The monoisotopic (exact) mass is 164 g/mol. The van der Waals surface area contributed by atoms with E-state index < -0.39 is 0 Å². The number of aldehydes is 1. The first-order valence-corrected chi connectivity index (χ1v) is 3.45. The molecule has 0 fully saturated rings. The Morgan fingerprint density at radius 2 is 2.08 bits per heavy atom. The maximum atomic E-state index is 10.5. The van der Waals surface area contributed by atoms with E-state index in [1.807, 2.05) is 0 Å². The lowest BCUT2D eigenvalue weighted by atomic mass is 10.2. The van der Waals surface area contributed by atoms with Gasteiger partial charge in [0.2, 0.25) is 0 Å². The molecule has 0 saturated heterocycles. The maximum Gasteiger partial charge on any atom is 0.153 e. The highest BCUT2D eigenvalue weighted by Crippen LogP contribution is 2.05. The summed E-state index contributed by atoms with van der Waals surface area (Å²) in [6.07, 6.45) is 7.05. The van der Waals surface area contributed by atoms with Crippen LogP contribution in [0.3, 0.4) is 0 Å². The summed E-state index contributed by atoms with van der Waals surface area (Å²) in [7, 11) is 1.49. The van der Waals surface area contributed by atoms with Crippen molar-refractivity contribution in [3.63, 3.8) is 0 Å². The molecule has 0 bridgehead atoms. The van der Waals surface area contributed by atoms with E-state index in [9.17, 15) is 4.79 Å². The smallest absolute Gasteiger partial charge is 0.153 e. The molecule has 0 spiro atoms. The van der Waals surface area contributed by atoms with Gasteiger partial charge < -0.3 is 4.74 Å². The van der Waals surface area contributed by atoms with Gasteiger partial charge in [-0.3, -0.25) is 4.79 Å². The summed E-state index contributed by atoms with van der Waals surface area (Å²) in [6, 6.07) is 0. The van der Waals surface area contributed by atoms with E-state index in [-0.39, 0.29) is 0 Å². The van der Waals surface area contributed by atoms with Crippen LogP contribution in [0.5, 0.6) is 0 Å². The Kier molecular flexibility index (Phi) is 5.35. The van der Waals surface area contributed by atoms with E-state index >= 15 is 0 Å². The number of allylic oxidation sites excluding steroid dienone is 5. The lowest BCUT2D eigenvalue weighted by molar-refractivity contribution is -0.104.